The van der Waals surface area contributed by atoms with Crippen LogP contribution in [0.3, 0.4) is 0 Å². The van der Waals surface area contributed by atoms with E-state index in [1.165, 1.54) is 11.2 Å². The number of likely N-dealkylation sites (tertiary alicyclic amines) is 1. The van der Waals surface area contributed by atoms with E-state index in [0.717, 1.165) is 27.5 Å². The lowest BCUT2D eigenvalue weighted by molar-refractivity contribution is -0.199. The Labute approximate surface area is 243 Å². The fraction of sp³-hybridized carbons (Fsp3) is 0.333. The number of amides is 2. The Hall–Kier alpha value is -4.12. The predicted molar refractivity (Wildman–Crippen MR) is 148 cm³/mol. The zero-order valence-electron chi connectivity index (χ0n) is 22.2. The number of hydrogen-bond acceptors (Lipinski definition) is 6. The van der Waals surface area contributed by atoms with Gasteiger partial charge in [0, 0.05) is 59.4 Å². The number of aromatic nitrogens is 4. The van der Waals surface area contributed by atoms with E-state index in [1.807, 2.05) is 12.1 Å². The molecule has 2 aliphatic heterocycles. The van der Waals surface area contributed by atoms with E-state index in [9.17, 15) is 22.8 Å². The number of carbonyl (C=O) groups is 2. The molecule has 214 valence electrons. The Morgan fingerprint density at radius 3 is 2.40 bits per heavy atom. The van der Waals surface area contributed by atoms with Crippen molar-refractivity contribution in [3.8, 4) is 11.1 Å². The standard InChI is InChI=1S/C30H24ClF3N6O2/c31-20-1-2-21-18(11-20)14-38-23(25(21)19-12-36-17-37-13-19)16-40-24-15-35-8-3-22(24)28(26(40)41)6-9-39(10-7-28)27(42)29(4-5-29)30(32,33)34/h1-3,8,11-15,17H,4-7,9-10,16H2. The van der Waals surface area contributed by atoms with Crippen LogP contribution < -0.4 is 4.90 Å². The molecule has 4 aromatic rings. The maximum Gasteiger partial charge on any atom is 0.403 e. The molecule has 3 aromatic heterocycles. The van der Waals surface area contributed by atoms with Crippen molar-refractivity contribution in [2.75, 3.05) is 18.0 Å². The van der Waals surface area contributed by atoms with Crippen molar-refractivity contribution >= 4 is 39.9 Å². The van der Waals surface area contributed by atoms with Gasteiger partial charge in [-0.05, 0) is 54.8 Å². The number of fused-ring (bicyclic) bond motifs is 3. The van der Waals surface area contributed by atoms with Gasteiger partial charge in [0.2, 0.25) is 11.8 Å². The second-order valence-electron chi connectivity index (χ2n) is 11.2. The van der Waals surface area contributed by atoms with Crippen molar-refractivity contribution < 1.29 is 22.8 Å². The largest absolute Gasteiger partial charge is 0.403 e. The molecule has 3 aliphatic rings. The number of rotatable bonds is 4. The van der Waals surface area contributed by atoms with Gasteiger partial charge >= 0.3 is 6.18 Å². The Morgan fingerprint density at radius 1 is 0.976 bits per heavy atom. The minimum atomic E-state index is -4.57. The third-order valence-electron chi connectivity index (χ3n) is 8.96. The van der Waals surface area contributed by atoms with Crippen LogP contribution in [0.15, 0.2) is 61.6 Å². The Balaban J connectivity index is 1.23. The quantitative estimate of drug-likeness (QED) is 0.311. The number of carbonyl (C=O) groups excluding carboxylic acids is 2. The molecule has 1 spiro atoms. The number of hydrogen-bond donors (Lipinski definition) is 0. The first-order valence-corrected chi connectivity index (χ1v) is 14.0. The van der Waals surface area contributed by atoms with Gasteiger partial charge in [-0.1, -0.05) is 17.7 Å². The van der Waals surface area contributed by atoms with E-state index in [1.54, 1.807) is 48.0 Å². The first-order chi connectivity index (χ1) is 20.1. The number of anilines is 1. The lowest BCUT2D eigenvalue weighted by Crippen LogP contribution is -2.53. The lowest BCUT2D eigenvalue weighted by Gasteiger charge is -2.40. The summed E-state index contributed by atoms with van der Waals surface area (Å²) < 4.78 is 41.0. The smallest absolute Gasteiger partial charge is 0.342 e. The van der Waals surface area contributed by atoms with Gasteiger partial charge in [0.05, 0.1) is 29.5 Å². The first-order valence-electron chi connectivity index (χ1n) is 13.6. The van der Waals surface area contributed by atoms with Gasteiger partial charge < -0.3 is 9.80 Å². The van der Waals surface area contributed by atoms with Crippen LogP contribution >= 0.6 is 11.6 Å². The van der Waals surface area contributed by atoms with Crippen LogP contribution in [0.2, 0.25) is 5.02 Å². The van der Waals surface area contributed by atoms with Crippen LogP contribution in [-0.4, -0.2) is 55.9 Å². The van der Waals surface area contributed by atoms with Crippen molar-refractivity contribution in [1.82, 2.24) is 24.8 Å². The third-order valence-corrected chi connectivity index (χ3v) is 9.19. The van der Waals surface area contributed by atoms with E-state index in [2.05, 4.69) is 15.0 Å². The Kier molecular flexibility index (Phi) is 6.02. The summed E-state index contributed by atoms with van der Waals surface area (Å²) in [5.74, 6) is -1.06. The minimum absolute atomic E-state index is 0.0690. The van der Waals surface area contributed by atoms with Gasteiger partial charge in [-0.15, -0.1) is 0 Å². The van der Waals surface area contributed by atoms with E-state index >= 15 is 0 Å². The maximum atomic E-state index is 14.3. The average molecular weight is 593 g/mol. The second kappa shape index (κ2) is 9.45. The van der Waals surface area contributed by atoms with Crippen molar-refractivity contribution in [2.45, 2.75) is 43.8 Å². The van der Waals surface area contributed by atoms with Crippen molar-refractivity contribution in [2.24, 2.45) is 5.41 Å². The van der Waals surface area contributed by atoms with E-state index < -0.39 is 22.9 Å². The highest BCUT2D eigenvalue weighted by atomic mass is 35.5. The van der Waals surface area contributed by atoms with Crippen LogP contribution in [0, 0.1) is 5.41 Å². The van der Waals surface area contributed by atoms with Gasteiger partial charge in [0.25, 0.3) is 0 Å². The molecule has 12 heteroatoms. The highest BCUT2D eigenvalue weighted by Gasteiger charge is 2.69. The maximum absolute atomic E-state index is 14.3. The molecular weight excluding hydrogens is 569 g/mol. The summed E-state index contributed by atoms with van der Waals surface area (Å²) in [5.41, 5.74) is 0.276. The molecule has 0 radical (unpaired) electrons. The molecule has 5 heterocycles. The summed E-state index contributed by atoms with van der Waals surface area (Å²) in [6.45, 7) is 0.265. The van der Waals surface area contributed by atoms with Gasteiger partial charge in [-0.25, -0.2) is 9.97 Å². The fourth-order valence-corrected chi connectivity index (χ4v) is 6.70. The highest BCUT2D eigenvalue weighted by molar-refractivity contribution is 6.31. The molecule has 2 fully saturated rings. The number of nitrogens with zero attached hydrogens (tertiary/aromatic N) is 6. The molecule has 8 nitrogen and oxygen atoms in total. The minimum Gasteiger partial charge on any atom is -0.342 e. The predicted octanol–water partition coefficient (Wildman–Crippen LogP) is 5.49. The summed E-state index contributed by atoms with van der Waals surface area (Å²) >= 11 is 6.24. The summed E-state index contributed by atoms with van der Waals surface area (Å²) in [6.07, 6.45) is 5.28. The number of benzene rings is 1. The summed E-state index contributed by atoms with van der Waals surface area (Å²) in [7, 11) is 0. The molecule has 0 atom stereocenters. The molecular formula is C30H24ClF3N6O2. The topological polar surface area (TPSA) is 92.2 Å². The Bertz CT molecular complexity index is 1740. The summed E-state index contributed by atoms with van der Waals surface area (Å²) in [4.78, 5) is 47.5. The number of pyridine rings is 2. The normalized spacial score (nSPS) is 18.9. The van der Waals surface area contributed by atoms with Crippen molar-refractivity contribution in [3.05, 3.63) is 77.9 Å². The lowest BCUT2D eigenvalue weighted by atomic mass is 9.73. The molecule has 0 unspecified atom stereocenters. The van der Waals surface area contributed by atoms with Gasteiger partial charge in [0.15, 0.2) is 0 Å². The monoisotopic (exact) mass is 592 g/mol. The third kappa shape index (κ3) is 3.97. The first kappa shape index (κ1) is 26.8. The molecule has 0 bridgehead atoms. The molecule has 1 saturated heterocycles. The van der Waals surface area contributed by atoms with E-state index in [-0.39, 0.29) is 51.2 Å². The average Bonchev–Trinajstić information content (AvgIpc) is 3.79. The SMILES string of the molecule is O=C1N(Cc2ncc3cc(Cl)ccc3c2-c2cncnc2)c2cnccc2C12CCN(C(=O)C1(C(F)(F)F)CC1)CC2. The number of alkyl halides is 3. The van der Waals surface area contributed by atoms with Crippen LogP contribution in [-0.2, 0) is 21.5 Å². The van der Waals surface area contributed by atoms with E-state index in [0.29, 0.717) is 16.4 Å². The molecule has 7 rings (SSSR count). The number of piperidine rings is 1. The fourth-order valence-electron chi connectivity index (χ4n) is 6.52. The molecule has 1 saturated carbocycles. The molecule has 1 aromatic carbocycles. The van der Waals surface area contributed by atoms with Crippen LogP contribution in [0.25, 0.3) is 21.9 Å². The van der Waals surface area contributed by atoms with E-state index in [4.69, 9.17) is 16.6 Å². The zero-order chi connectivity index (χ0) is 29.3. The van der Waals surface area contributed by atoms with Crippen molar-refractivity contribution in [1.29, 1.82) is 0 Å². The molecule has 42 heavy (non-hydrogen) atoms. The van der Waals surface area contributed by atoms with Crippen molar-refractivity contribution in [3.63, 3.8) is 0 Å². The molecule has 1 aliphatic carbocycles. The molecule has 2 amide bonds. The van der Waals surface area contributed by atoms with Gasteiger partial charge in [-0.3, -0.25) is 19.6 Å². The number of halogens is 4. The van der Waals surface area contributed by atoms with Crippen LogP contribution in [0.1, 0.15) is 36.9 Å². The van der Waals surface area contributed by atoms with Gasteiger partial charge in [-0.2, -0.15) is 13.2 Å². The zero-order valence-corrected chi connectivity index (χ0v) is 23.0. The highest BCUT2D eigenvalue weighted by Crippen LogP contribution is 2.59. The Morgan fingerprint density at radius 2 is 1.71 bits per heavy atom. The summed E-state index contributed by atoms with van der Waals surface area (Å²) in [5, 5.41) is 2.26. The second-order valence-corrected chi connectivity index (χ2v) is 11.6. The van der Waals surface area contributed by atoms with Crippen LogP contribution in [0.4, 0.5) is 18.9 Å². The van der Waals surface area contributed by atoms with Gasteiger partial charge in [0.1, 0.15) is 11.7 Å². The summed E-state index contributed by atoms with van der Waals surface area (Å²) in [6, 6.07) is 7.30. The van der Waals surface area contributed by atoms with Crippen LogP contribution in [0.5, 0.6) is 0 Å². The molecule has 0 N–H and O–H groups in total.